The first-order chi connectivity index (χ1) is 12.2. The molecule has 1 aliphatic carbocycles. The molecule has 4 rings (SSSR count). The number of anilines is 1. The maximum absolute atomic E-state index is 5.58. The largest absolute Gasteiger partial charge is 0.466 e. The van der Waals surface area contributed by atoms with Crippen LogP contribution in [0.15, 0.2) is 16.7 Å². The molecule has 0 aliphatic heterocycles. The molecular weight excluding hydrogens is 316 g/mol. The van der Waals surface area contributed by atoms with Crippen LogP contribution in [0, 0.1) is 13.8 Å². The Morgan fingerprint density at radius 3 is 2.92 bits per heavy atom. The lowest BCUT2D eigenvalue weighted by molar-refractivity contribution is 0.505. The SMILES string of the molecule is Cc1cc(-c2cnnc(NCc3n[nH]c4c3CCCCC4)n2)c(C)o1. The maximum Gasteiger partial charge on any atom is 0.243 e. The molecule has 25 heavy (non-hydrogen) atoms. The van der Waals surface area contributed by atoms with Gasteiger partial charge < -0.3 is 9.73 Å². The highest BCUT2D eigenvalue weighted by Crippen LogP contribution is 2.25. The Balaban J connectivity index is 1.52. The van der Waals surface area contributed by atoms with Gasteiger partial charge in [-0.15, -0.1) is 5.10 Å². The van der Waals surface area contributed by atoms with Gasteiger partial charge in [-0.25, -0.2) is 4.98 Å². The average molecular weight is 338 g/mol. The molecule has 7 nitrogen and oxygen atoms in total. The lowest BCUT2D eigenvalue weighted by Gasteiger charge is -2.06. The van der Waals surface area contributed by atoms with E-state index in [1.54, 1.807) is 6.20 Å². The summed E-state index contributed by atoms with van der Waals surface area (Å²) in [4.78, 5) is 4.56. The van der Waals surface area contributed by atoms with E-state index in [9.17, 15) is 0 Å². The first-order valence-corrected chi connectivity index (χ1v) is 8.76. The minimum atomic E-state index is 0.501. The highest BCUT2D eigenvalue weighted by Gasteiger charge is 2.16. The van der Waals surface area contributed by atoms with Gasteiger partial charge in [-0.3, -0.25) is 5.10 Å². The zero-order valence-electron chi connectivity index (χ0n) is 14.6. The number of aryl methyl sites for hydroxylation is 3. The molecule has 0 aromatic carbocycles. The van der Waals surface area contributed by atoms with Crippen molar-refractivity contribution < 1.29 is 4.42 Å². The van der Waals surface area contributed by atoms with E-state index in [2.05, 4.69) is 30.7 Å². The Morgan fingerprint density at radius 2 is 2.08 bits per heavy atom. The number of nitrogens with one attached hydrogen (secondary N) is 2. The molecule has 0 radical (unpaired) electrons. The predicted octanol–water partition coefficient (Wildman–Crippen LogP) is 3.35. The number of H-pyrrole nitrogens is 1. The molecule has 3 aromatic heterocycles. The summed E-state index contributed by atoms with van der Waals surface area (Å²) in [7, 11) is 0. The van der Waals surface area contributed by atoms with Crippen LogP contribution in [0.1, 0.15) is 47.7 Å². The van der Waals surface area contributed by atoms with E-state index in [-0.39, 0.29) is 0 Å². The number of nitrogens with zero attached hydrogens (tertiary/aromatic N) is 4. The Kier molecular flexibility index (Phi) is 4.21. The topological polar surface area (TPSA) is 92.5 Å². The Morgan fingerprint density at radius 1 is 1.20 bits per heavy atom. The second kappa shape index (κ2) is 6.66. The van der Waals surface area contributed by atoms with Gasteiger partial charge in [-0.05, 0) is 51.2 Å². The normalized spacial score (nSPS) is 14.2. The van der Waals surface area contributed by atoms with Crippen LogP contribution in [0.25, 0.3) is 11.3 Å². The molecule has 2 N–H and O–H groups in total. The maximum atomic E-state index is 5.58. The Hall–Kier alpha value is -2.70. The van der Waals surface area contributed by atoms with Gasteiger partial charge in [0.25, 0.3) is 0 Å². The smallest absolute Gasteiger partial charge is 0.243 e. The van der Waals surface area contributed by atoms with Crippen molar-refractivity contribution in [1.29, 1.82) is 0 Å². The number of aromatic nitrogens is 5. The summed E-state index contributed by atoms with van der Waals surface area (Å²) in [5.41, 5.74) is 5.40. The monoisotopic (exact) mass is 338 g/mol. The fourth-order valence-electron chi connectivity index (χ4n) is 3.43. The minimum Gasteiger partial charge on any atom is -0.466 e. The van der Waals surface area contributed by atoms with Gasteiger partial charge in [-0.1, -0.05) is 6.42 Å². The van der Waals surface area contributed by atoms with Crippen molar-refractivity contribution in [3.63, 3.8) is 0 Å². The molecule has 0 unspecified atom stereocenters. The van der Waals surface area contributed by atoms with Crippen molar-refractivity contribution in [2.24, 2.45) is 0 Å². The third kappa shape index (κ3) is 3.26. The second-order valence-corrected chi connectivity index (χ2v) is 6.53. The molecule has 3 heterocycles. The Labute approximate surface area is 146 Å². The second-order valence-electron chi connectivity index (χ2n) is 6.53. The van der Waals surface area contributed by atoms with Gasteiger partial charge in [-0.2, -0.15) is 10.2 Å². The highest BCUT2D eigenvalue weighted by molar-refractivity contribution is 5.61. The molecule has 0 amide bonds. The van der Waals surface area contributed by atoms with Crippen LogP contribution in [0.3, 0.4) is 0 Å². The van der Waals surface area contributed by atoms with Crippen LogP contribution in [0.5, 0.6) is 0 Å². The molecule has 1 aliphatic rings. The van der Waals surface area contributed by atoms with Crippen LogP contribution < -0.4 is 5.32 Å². The van der Waals surface area contributed by atoms with E-state index in [0.717, 1.165) is 41.3 Å². The molecule has 0 atom stereocenters. The summed E-state index contributed by atoms with van der Waals surface area (Å²) in [6, 6.07) is 1.97. The lowest BCUT2D eigenvalue weighted by atomic mass is 10.1. The summed E-state index contributed by atoms with van der Waals surface area (Å²) >= 11 is 0. The van der Waals surface area contributed by atoms with Crippen molar-refractivity contribution in [3.05, 3.63) is 40.7 Å². The molecule has 0 fully saturated rings. The van der Waals surface area contributed by atoms with Crippen molar-refractivity contribution in [1.82, 2.24) is 25.4 Å². The third-order valence-corrected chi connectivity index (χ3v) is 4.68. The Bertz CT molecular complexity index is 882. The quantitative estimate of drug-likeness (QED) is 0.709. The van der Waals surface area contributed by atoms with E-state index in [1.807, 2.05) is 19.9 Å². The summed E-state index contributed by atoms with van der Waals surface area (Å²) < 4.78 is 5.58. The minimum absolute atomic E-state index is 0.501. The van der Waals surface area contributed by atoms with Crippen molar-refractivity contribution in [3.8, 4) is 11.3 Å². The standard InChI is InChI=1S/C18H22N6O/c1-11-8-14(12(2)25-11)16-10-20-24-18(21-16)19-9-17-13-6-4-3-5-7-15(13)22-23-17/h8,10H,3-7,9H2,1-2H3,(H,22,23)(H,19,21,24). The molecule has 0 saturated carbocycles. The number of rotatable bonds is 4. The van der Waals surface area contributed by atoms with Gasteiger partial charge >= 0.3 is 0 Å². The molecule has 130 valence electrons. The van der Waals surface area contributed by atoms with Gasteiger partial charge in [0.2, 0.25) is 5.95 Å². The summed E-state index contributed by atoms with van der Waals surface area (Å²) in [6.45, 7) is 4.45. The molecule has 0 spiro atoms. The third-order valence-electron chi connectivity index (χ3n) is 4.68. The van der Waals surface area contributed by atoms with Crippen LogP contribution in [0.4, 0.5) is 5.95 Å². The van der Waals surface area contributed by atoms with Crippen LogP contribution in [-0.2, 0) is 19.4 Å². The zero-order valence-corrected chi connectivity index (χ0v) is 14.6. The summed E-state index contributed by atoms with van der Waals surface area (Å²) in [5, 5.41) is 19.1. The molecule has 7 heteroatoms. The number of aromatic amines is 1. The fraction of sp³-hybridized carbons (Fsp3) is 0.444. The van der Waals surface area contributed by atoms with Crippen molar-refractivity contribution in [2.45, 2.75) is 52.5 Å². The lowest BCUT2D eigenvalue weighted by Crippen LogP contribution is -2.07. The van der Waals surface area contributed by atoms with Crippen LogP contribution >= 0.6 is 0 Å². The van der Waals surface area contributed by atoms with E-state index in [1.165, 1.54) is 30.5 Å². The molecule has 3 aromatic rings. The number of hydrogen-bond acceptors (Lipinski definition) is 6. The van der Waals surface area contributed by atoms with Gasteiger partial charge in [0.1, 0.15) is 11.5 Å². The van der Waals surface area contributed by atoms with Gasteiger partial charge in [0.05, 0.1) is 24.1 Å². The van der Waals surface area contributed by atoms with Crippen LogP contribution in [-0.4, -0.2) is 25.4 Å². The first-order valence-electron chi connectivity index (χ1n) is 8.76. The van der Waals surface area contributed by atoms with Crippen molar-refractivity contribution in [2.75, 3.05) is 5.32 Å². The van der Waals surface area contributed by atoms with E-state index in [0.29, 0.717) is 12.5 Å². The summed E-state index contributed by atoms with van der Waals surface area (Å²) in [5.74, 6) is 2.20. The highest BCUT2D eigenvalue weighted by atomic mass is 16.3. The van der Waals surface area contributed by atoms with Crippen molar-refractivity contribution >= 4 is 5.95 Å². The predicted molar refractivity (Wildman–Crippen MR) is 94.2 cm³/mol. The molecule has 0 saturated heterocycles. The van der Waals surface area contributed by atoms with Crippen LogP contribution in [0.2, 0.25) is 0 Å². The number of furan rings is 1. The van der Waals surface area contributed by atoms with E-state index < -0.39 is 0 Å². The van der Waals surface area contributed by atoms with Gasteiger partial charge in [0.15, 0.2) is 0 Å². The molecule has 0 bridgehead atoms. The zero-order chi connectivity index (χ0) is 17.2. The number of fused-ring (bicyclic) bond motifs is 1. The van der Waals surface area contributed by atoms with Gasteiger partial charge in [0, 0.05) is 11.3 Å². The van der Waals surface area contributed by atoms with E-state index in [4.69, 9.17) is 4.42 Å². The fourth-order valence-corrected chi connectivity index (χ4v) is 3.43. The first kappa shape index (κ1) is 15.8. The average Bonchev–Trinajstić information content (AvgIpc) is 3.06. The molecular formula is C18H22N6O. The summed E-state index contributed by atoms with van der Waals surface area (Å²) in [6.07, 6.45) is 7.59. The van der Waals surface area contributed by atoms with E-state index >= 15 is 0 Å². The number of hydrogen-bond donors (Lipinski definition) is 2.